The summed E-state index contributed by atoms with van der Waals surface area (Å²) in [5.74, 6) is 0.271. The molecule has 0 spiro atoms. The first-order valence-electron chi connectivity index (χ1n) is 9.99. The summed E-state index contributed by atoms with van der Waals surface area (Å²) in [6.45, 7) is 4.71. The number of aryl methyl sites for hydroxylation is 1. The van der Waals surface area contributed by atoms with Gasteiger partial charge in [0.1, 0.15) is 0 Å². The Morgan fingerprint density at radius 1 is 1.00 bits per heavy atom. The lowest BCUT2D eigenvalue weighted by Gasteiger charge is -2.23. The van der Waals surface area contributed by atoms with Crippen molar-refractivity contribution in [2.24, 2.45) is 5.92 Å². The molecule has 2 aromatic rings. The van der Waals surface area contributed by atoms with Gasteiger partial charge in [0.05, 0.1) is 10.6 Å². The summed E-state index contributed by atoms with van der Waals surface area (Å²) in [5.41, 5.74) is 2.88. The van der Waals surface area contributed by atoms with Gasteiger partial charge in [-0.05, 0) is 53.6 Å². The number of benzene rings is 2. The molecule has 0 radical (unpaired) electrons. The van der Waals surface area contributed by atoms with E-state index in [1.807, 2.05) is 49.4 Å². The van der Waals surface area contributed by atoms with Crippen LogP contribution in [0.4, 0.5) is 0 Å². The van der Waals surface area contributed by atoms with Gasteiger partial charge >= 0.3 is 0 Å². The summed E-state index contributed by atoms with van der Waals surface area (Å²) in [7, 11) is -3.58. The maximum absolute atomic E-state index is 13.5. The normalized spacial score (nSPS) is 17.4. The van der Waals surface area contributed by atoms with Crippen LogP contribution in [-0.2, 0) is 10.0 Å². The van der Waals surface area contributed by atoms with Crippen molar-refractivity contribution in [3.05, 3.63) is 69.3 Å². The Kier molecular flexibility index (Phi) is 7.20. The van der Waals surface area contributed by atoms with Crippen LogP contribution in [0, 0.1) is 12.8 Å². The largest absolute Gasteiger partial charge is 0.264 e. The van der Waals surface area contributed by atoms with Crippen LogP contribution in [-0.4, -0.2) is 19.3 Å². The standard InChI is InChI=1S/C23H28INO2S/c1-3-4-5-7-12-20-17-25(23(22(20)24)19-10-8-6-9-11-19)28(26,27)21-15-13-18(2)14-16-21/h6,8-11,13-16,20H,3-5,7,12,17H2,1-2H3/t20-/m0/s1. The maximum Gasteiger partial charge on any atom is 0.264 e. The first kappa shape index (κ1) is 21.4. The molecule has 28 heavy (non-hydrogen) atoms. The van der Waals surface area contributed by atoms with E-state index in [4.69, 9.17) is 0 Å². The number of halogens is 1. The molecular formula is C23H28INO2S. The van der Waals surface area contributed by atoms with Crippen LogP contribution in [0.2, 0.25) is 0 Å². The van der Waals surface area contributed by atoms with Crippen molar-refractivity contribution in [2.45, 2.75) is 50.8 Å². The fourth-order valence-corrected chi connectivity index (χ4v) is 6.48. The zero-order chi connectivity index (χ0) is 20.1. The van der Waals surface area contributed by atoms with Crippen molar-refractivity contribution < 1.29 is 8.42 Å². The maximum atomic E-state index is 13.5. The number of unbranched alkanes of at least 4 members (excludes halogenated alkanes) is 3. The molecule has 3 nitrogen and oxygen atoms in total. The Labute approximate surface area is 183 Å². The van der Waals surface area contributed by atoms with E-state index in [0.717, 1.165) is 33.2 Å². The predicted octanol–water partition coefficient (Wildman–Crippen LogP) is 6.39. The van der Waals surface area contributed by atoms with E-state index in [9.17, 15) is 8.42 Å². The molecule has 1 atom stereocenters. The molecule has 0 fully saturated rings. The summed E-state index contributed by atoms with van der Waals surface area (Å²) in [5, 5.41) is 0. The second kappa shape index (κ2) is 9.44. The second-order valence-electron chi connectivity index (χ2n) is 7.46. The van der Waals surface area contributed by atoms with Crippen LogP contribution in [0.15, 0.2) is 63.1 Å². The van der Waals surface area contributed by atoms with Crippen LogP contribution in [0.1, 0.15) is 50.2 Å². The lowest BCUT2D eigenvalue weighted by Crippen LogP contribution is -2.29. The van der Waals surface area contributed by atoms with E-state index in [1.165, 1.54) is 19.3 Å². The van der Waals surface area contributed by atoms with Gasteiger partial charge in [0.25, 0.3) is 10.0 Å². The highest BCUT2D eigenvalue weighted by Crippen LogP contribution is 2.43. The minimum absolute atomic E-state index is 0.271. The fourth-order valence-electron chi connectivity index (χ4n) is 3.65. The van der Waals surface area contributed by atoms with Gasteiger partial charge in [-0.2, -0.15) is 0 Å². The quantitative estimate of drug-likeness (QED) is 0.306. The van der Waals surface area contributed by atoms with E-state index in [1.54, 1.807) is 16.4 Å². The molecule has 3 rings (SSSR count). The average molecular weight is 509 g/mol. The summed E-state index contributed by atoms with van der Waals surface area (Å²) in [6, 6.07) is 17.1. The molecule has 1 heterocycles. The molecule has 0 bridgehead atoms. The fraction of sp³-hybridized carbons (Fsp3) is 0.391. The molecule has 0 saturated carbocycles. The number of sulfonamides is 1. The van der Waals surface area contributed by atoms with Crippen molar-refractivity contribution in [2.75, 3.05) is 6.54 Å². The minimum Gasteiger partial charge on any atom is -0.264 e. The summed E-state index contributed by atoms with van der Waals surface area (Å²) in [6.07, 6.45) is 5.84. The highest BCUT2D eigenvalue weighted by Gasteiger charge is 2.38. The lowest BCUT2D eigenvalue weighted by molar-refractivity contribution is 0.459. The van der Waals surface area contributed by atoms with Gasteiger partial charge in [-0.1, -0.05) is 80.6 Å². The van der Waals surface area contributed by atoms with Crippen molar-refractivity contribution in [1.29, 1.82) is 0 Å². The molecule has 0 N–H and O–H groups in total. The van der Waals surface area contributed by atoms with Gasteiger partial charge < -0.3 is 0 Å². The summed E-state index contributed by atoms with van der Waals surface area (Å²) >= 11 is 2.37. The molecule has 5 heteroatoms. The zero-order valence-corrected chi connectivity index (χ0v) is 19.5. The molecule has 0 saturated heterocycles. The van der Waals surface area contributed by atoms with E-state index < -0.39 is 10.0 Å². The smallest absolute Gasteiger partial charge is 0.264 e. The number of hydrogen-bond acceptors (Lipinski definition) is 2. The molecule has 0 unspecified atom stereocenters. The van der Waals surface area contributed by atoms with Crippen LogP contribution in [0.5, 0.6) is 0 Å². The van der Waals surface area contributed by atoms with Gasteiger partial charge in [-0.25, -0.2) is 8.42 Å². The Hall–Kier alpha value is -1.34. The summed E-state index contributed by atoms with van der Waals surface area (Å²) < 4.78 is 29.8. The molecule has 0 aromatic heterocycles. The van der Waals surface area contributed by atoms with Gasteiger partial charge in [-0.3, -0.25) is 4.31 Å². The van der Waals surface area contributed by atoms with E-state index in [0.29, 0.717) is 11.4 Å². The van der Waals surface area contributed by atoms with Gasteiger partial charge in [-0.15, -0.1) is 0 Å². The molecule has 1 aliphatic heterocycles. The highest BCUT2D eigenvalue weighted by molar-refractivity contribution is 14.1. The van der Waals surface area contributed by atoms with Crippen molar-refractivity contribution in [3.8, 4) is 0 Å². The topological polar surface area (TPSA) is 37.4 Å². The molecule has 1 aliphatic rings. The van der Waals surface area contributed by atoms with E-state index in [2.05, 4.69) is 29.5 Å². The van der Waals surface area contributed by atoms with Crippen LogP contribution < -0.4 is 0 Å². The predicted molar refractivity (Wildman–Crippen MR) is 125 cm³/mol. The average Bonchev–Trinajstić information content (AvgIpc) is 3.03. The third-order valence-electron chi connectivity index (χ3n) is 5.28. The van der Waals surface area contributed by atoms with Gasteiger partial charge in [0, 0.05) is 16.0 Å². The molecular weight excluding hydrogens is 481 g/mol. The summed E-state index contributed by atoms with van der Waals surface area (Å²) in [4.78, 5) is 0.363. The van der Waals surface area contributed by atoms with E-state index in [-0.39, 0.29) is 5.92 Å². The number of hydrogen-bond donors (Lipinski definition) is 0. The number of rotatable bonds is 8. The first-order valence-corrected chi connectivity index (χ1v) is 12.5. The zero-order valence-electron chi connectivity index (χ0n) is 16.6. The third-order valence-corrected chi connectivity index (χ3v) is 8.45. The van der Waals surface area contributed by atoms with Crippen molar-refractivity contribution in [1.82, 2.24) is 4.31 Å². The van der Waals surface area contributed by atoms with Gasteiger partial charge in [0.2, 0.25) is 0 Å². The molecule has 0 aliphatic carbocycles. The van der Waals surface area contributed by atoms with Gasteiger partial charge in [0.15, 0.2) is 0 Å². The first-order chi connectivity index (χ1) is 13.4. The van der Waals surface area contributed by atoms with Crippen LogP contribution in [0.25, 0.3) is 5.70 Å². The minimum atomic E-state index is -3.58. The van der Waals surface area contributed by atoms with Crippen molar-refractivity contribution in [3.63, 3.8) is 0 Å². The van der Waals surface area contributed by atoms with Crippen LogP contribution >= 0.6 is 22.6 Å². The third kappa shape index (κ3) is 4.62. The Bertz CT molecular complexity index is 921. The molecule has 2 aromatic carbocycles. The Balaban J connectivity index is 1.95. The Morgan fingerprint density at radius 3 is 2.32 bits per heavy atom. The monoisotopic (exact) mass is 509 g/mol. The SMILES string of the molecule is CCCCCC[C@H]1CN(S(=O)(=O)c2ccc(C)cc2)C(c2ccccc2)=C1I. The Morgan fingerprint density at radius 2 is 1.68 bits per heavy atom. The molecule has 150 valence electrons. The number of nitrogens with zero attached hydrogens (tertiary/aromatic N) is 1. The second-order valence-corrected chi connectivity index (χ2v) is 10.5. The van der Waals surface area contributed by atoms with Crippen molar-refractivity contribution >= 4 is 38.3 Å². The van der Waals surface area contributed by atoms with Crippen LogP contribution in [0.3, 0.4) is 0 Å². The highest BCUT2D eigenvalue weighted by atomic mass is 127. The lowest BCUT2D eigenvalue weighted by atomic mass is 10.0. The van der Waals surface area contributed by atoms with E-state index >= 15 is 0 Å². The molecule has 0 amide bonds.